The average molecular weight is 464 g/mol. The van der Waals surface area contributed by atoms with Gasteiger partial charge >= 0.3 is 6.09 Å². The molecule has 6 heteroatoms. The Hall–Kier alpha value is -3.90. The van der Waals surface area contributed by atoms with Gasteiger partial charge in [-0.05, 0) is 51.9 Å². The van der Waals surface area contributed by atoms with Gasteiger partial charge in [0, 0.05) is 24.5 Å². The number of hydrogen-bond acceptors (Lipinski definition) is 4. The third-order valence-electron chi connectivity index (χ3n) is 7.51. The number of imidazole rings is 1. The fourth-order valence-electron chi connectivity index (χ4n) is 5.87. The van der Waals surface area contributed by atoms with Crippen LogP contribution >= 0.6 is 0 Å². The quantitative estimate of drug-likeness (QED) is 0.422. The third-order valence-corrected chi connectivity index (χ3v) is 7.51. The van der Waals surface area contributed by atoms with Gasteiger partial charge in [0.25, 0.3) is 0 Å². The van der Waals surface area contributed by atoms with E-state index < -0.39 is 0 Å². The van der Waals surface area contributed by atoms with Gasteiger partial charge in [0.1, 0.15) is 12.3 Å². The van der Waals surface area contributed by atoms with Crippen molar-refractivity contribution in [3.8, 4) is 11.1 Å². The highest BCUT2D eigenvalue weighted by atomic mass is 16.6. The predicted molar refractivity (Wildman–Crippen MR) is 133 cm³/mol. The number of pyridine rings is 1. The van der Waals surface area contributed by atoms with E-state index >= 15 is 0 Å². The zero-order chi connectivity index (χ0) is 23.4. The van der Waals surface area contributed by atoms with Crippen LogP contribution in [0.3, 0.4) is 0 Å². The van der Waals surface area contributed by atoms with Gasteiger partial charge in [-0.2, -0.15) is 0 Å². The molecule has 6 nitrogen and oxygen atoms in total. The molecule has 2 aromatic carbocycles. The van der Waals surface area contributed by atoms with Gasteiger partial charge in [-0.1, -0.05) is 54.6 Å². The second-order valence-corrected chi connectivity index (χ2v) is 9.48. The summed E-state index contributed by atoms with van der Waals surface area (Å²) >= 11 is 0. The van der Waals surface area contributed by atoms with E-state index in [0.717, 1.165) is 17.6 Å². The van der Waals surface area contributed by atoms with Crippen LogP contribution in [0.2, 0.25) is 0 Å². The van der Waals surface area contributed by atoms with E-state index in [1.807, 2.05) is 21.6 Å². The van der Waals surface area contributed by atoms with Crippen molar-refractivity contribution in [1.29, 1.82) is 0 Å². The molecule has 0 saturated carbocycles. The normalized spacial score (nSPS) is 20.9. The molecular weight excluding hydrogens is 438 g/mol. The van der Waals surface area contributed by atoms with Gasteiger partial charge in [-0.3, -0.25) is 4.90 Å². The second-order valence-electron chi connectivity index (χ2n) is 9.48. The van der Waals surface area contributed by atoms with Crippen molar-refractivity contribution < 1.29 is 14.3 Å². The van der Waals surface area contributed by atoms with Gasteiger partial charge < -0.3 is 13.9 Å². The maximum absolute atomic E-state index is 13.4. The minimum atomic E-state index is -0.259. The van der Waals surface area contributed by atoms with Crippen LogP contribution in [0.5, 0.6) is 0 Å². The number of carbonyl (C=O) groups excluding carboxylic acids is 1. The summed E-state index contributed by atoms with van der Waals surface area (Å²) in [5, 5.41) is 0. The van der Waals surface area contributed by atoms with Crippen LogP contribution in [0, 0.1) is 0 Å². The zero-order valence-corrected chi connectivity index (χ0v) is 19.2. The lowest BCUT2D eigenvalue weighted by atomic mass is 9.91. The number of fused-ring (bicyclic) bond motifs is 6. The summed E-state index contributed by atoms with van der Waals surface area (Å²) in [6, 6.07) is 20.8. The first-order valence-electron chi connectivity index (χ1n) is 12.1. The largest absolute Gasteiger partial charge is 0.448 e. The molecule has 2 aromatic heterocycles. The molecule has 0 spiro atoms. The number of ether oxygens (including phenoxy) is 2. The van der Waals surface area contributed by atoms with E-state index in [4.69, 9.17) is 9.47 Å². The average Bonchev–Trinajstić information content (AvgIpc) is 3.48. The lowest BCUT2D eigenvalue weighted by molar-refractivity contribution is -0.0331. The summed E-state index contributed by atoms with van der Waals surface area (Å²) in [6.07, 6.45) is 8.50. The van der Waals surface area contributed by atoms with Gasteiger partial charge in [0.15, 0.2) is 0 Å². The number of hydrogen-bond donors (Lipinski definition) is 0. The summed E-state index contributed by atoms with van der Waals surface area (Å²) in [7, 11) is 0. The molecule has 2 bridgehead atoms. The first kappa shape index (κ1) is 20.5. The molecule has 2 unspecified atom stereocenters. The Kier molecular flexibility index (Phi) is 4.74. The lowest BCUT2D eigenvalue weighted by Gasteiger charge is -2.44. The zero-order valence-electron chi connectivity index (χ0n) is 19.2. The van der Waals surface area contributed by atoms with E-state index in [1.54, 1.807) is 6.20 Å². The summed E-state index contributed by atoms with van der Waals surface area (Å²) < 4.78 is 13.8. The highest BCUT2D eigenvalue weighted by molar-refractivity contribution is 5.79. The summed E-state index contributed by atoms with van der Waals surface area (Å²) in [6.45, 7) is 1.33. The second kappa shape index (κ2) is 8.10. The molecule has 2 atom stereocenters. The summed E-state index contributed by atoms with van der Waals surface area (Å²) in [5.74, 6) is 0.0558. The topological polar surface area (TPSA) is 56.1 Å². The minimum Gasteiger partial charge on any atom is -0.448 e. The monoisotopic (exact) mass is 463 g/mol. The molecule has 35 heavy (non-hydrogen) atoms. The van der Waals surface area contributed by atoms with E-state index in [2.05, 4.69) is 71.9 Å². The van der Waals surface area contributed by atoms with Crippen LogP contribution in [0.4, 0.5) is 4.79 Å². The number of benzene rings is 2. The van der Waals surface area contributed by atoms with E-state index in [0.29, 0.717) is 19.8 Å². The van der Waals surface area contributed by atoms with E-state index in [1.165, 1.54) is 27.8 Å². The minimum absolute atomic E-state index is 0.0390. The number of aromatic nitrogens is 2. The van der Waals surface area contributed by atoms with Gasteiger partial charge in [0.05, 0.1) is 25.3 Å². The van der Waals surface area contributed by atoms with Crippen molar-refractivity contribution in [2.24, 2.45) is 0 Å². The molecule has 1 amide bonds. The van der Waals surface area contributed by atoms with Gasteiger partial charge in [-0.25, -0.2) is 9.78 Å². The highest BCUT2D eigenvalue weighted by Gasteiger charge is 2.40. The molecule has 1 saturated heterocycles. The molecule has 0 N–H and O–H groups in total. The van der Waals surface area contributed by atoms with Crippen molar-refractivity contribution >= 4 is 17.3 Å². The number of morpholine rings is 1. The van der Waals surface area contributed by atoms with Crippen molar-refractivity contribution in [3.05, 3.63) is 102 Å². The Balaban J connectivity index is 1.12. The van der Waals surface area contributed by atoms with Crippen molar-refractivity contribution in [2.75, 3.05) is 19.8 Å². The third kappa shape index (κ3) is 3.36. The number of rotatable bonds is 3. The van der Waals surface area contributed by atoms with Crippen molar-refractivity contribution in [3.63, 3.8) is 0 Å². The van der Waals surface area contributed by atoms with E-state index in [-0.39, 0.29) is 24.1 Å². The summed E-state index contributed by atoms with van der Waals surface area (Å²) in [4.78, 5) is 19.6. The number of amides is 1. The smallest absolute Gasteiger partial charge is 0.410 e. The summed E-state index contributed by atoms with van der Waals surface area (Å²) in [5.41, 5.74) is 8.22. The maximum Gasteiger partial charge on any atom is 0.410 e. The van der Waals surface area contributed by atoms with Crippen LogP contribution in [-0.4, -0.2) is 52.3 Å². The van der Waals surface area contributed by atoms with Crippen LogP contribution in [-0.2, 0) is 9.47 Å². The molecule has 0 radical (unpaired) electrons. The van der Waals surface area contributed by atoms with Crippen LogP contribution in [0.25, 0.3) is 22.3 Å². The SMILES string of the molecule is O=C(OCC1c2ccccc2-c2ccccc21)N1C2C=C(c3ccc4nccn4c3)CC1COC2. The molecule has 1 fully saturated rings. The number of carbonyl (C=O) groups is 1. The molecule has 1 aliphatic carbocycles. The Labute approximate surface area is 203 Å². The highest BCUT2D eigenvalue weighted by Crippen LogP contribution is 2.44. The first-order valence-corrected chi connectivity index (χ1v) is 12.1. The lowest BCUT2D eigenvalue weighted by Crippen LogP contribution is -2.56. The van der Waals surface area contributed by atoms with Crippen LogP contribution < -0.4 is 0 Å². The Morgan fingerprint density at radius 1 is 1.00 bits per heavy atom. The van der Waals surface area contributed by atoms with Gasteiger partial charge in [-0.15, -0.1) is 0 Å². The molecule has 4 aromatic rings. The Morgan fingerprint density at radius 3 is 2.54 bits per heavy atom. The Morgan fingerprint density at radius 2 is 1.77 bits per heavy atom. The number of nitrogens with zero attached hydrogens (tertiary/aromatic N) is 3. The van der Waals surface area contributed by atoms with Crippen LogP contribution in [0.1, 0.15) is 29.0 Å². The molecular formula is C29H25N3O3. The molecule has 4 heterocycles. The van der Waals surface area contributed by atoms with E-state index in [9.17, 15) is 4.79 Å². The van der Waals surface area contributed by atoms with Crippen molar-refractivity contribution in [2.45, 2.75) is 24.4 Å². The van der Waals surface area contributed by atoms with Crippen molar-refractivity contribution in [1.82, 2.24) is 14.3 Å². The Bertz CT molecular complexity index is 1430. The molecule has 7 rings (SSSR count). The predicted octanol–water partition coefficient (Wildman–Crippen LogP) is 5.14. The maximum atomic E-state index is 13.4. The van der Waals surface area contributed by atoms with Crippen LogP contribution in [0.15, 0.2) is 85.3 Å². The molecule has 2 aliphatic heterocycles. The standard InChI is InChI=1S/C29H25N3O3/c33-29(35-18-27-25-7-3-1-5-23(25)24-6-2-4-8-26(24)27)32-21-13-20(14-22(32)17-34-16-21)19-9-10-28-30-11-12-31(28)15-19/h1-13,15,21-22,27H,14,16-18H2. The fourth-order valence-corrected chi connectivity index (χ4v) is 5.87. The molecule has 174 valence electrons. The first-order chi connectivity index (χ1) is 17.3. The fraction of sp³-hybridized carbons (Fsp3) is 0.241. The molecule has 3 aliphatic rings. The van der Waals surface area contributed by atoms with Gasteiger partial charge in [0.2, 0.25) is 0 Å².